The fourth-order valence-electron chi connectivity index (χ4n) is 1.68. The Kier molecular flexibility index (Phi) is 4.30. The largest absolute Gasteiger partial charge is 0.492 e. The normalized spacial score (nSPS) is 10.1. The molecule has 2 rings (SSSR count). The number of hydrogen-bond acceptors (Lipinski definition) is 3. The van der Waals surface area contributed by atoms with Gasteiger partial charge in [0.1, 0.15) is 17.3 Å². The van der Waals surface area contributed by atoms with Crippen LogP contribution in [0.2, 0.25) is 0 Å². The third kappa shape index (κ3) is 3.42. The Morgan fingerprint density at radius 3 is 2.63 bits per heavy atom. The molecule has 0 unspecified atom stereocenters. The SMILES string of the molecule is NC(=S)c1cccn(CCOc2ccccc2)c1=O. The Balaban J connectivity index is 2.03. The van der Waals surface area contributed by atoms with Crippen LogP contribution in [0.5, 0.6) is 5.75 Å². The minimum atomic E-state index is -0.188. The van der Waals surface area contributed by atoms with Crippen molar-refractivity contribution in [2.75, 3.05) is 6.61 Å². The third-order valence-electron chi connectivity index (χ3n) is 2.63. The van der Waals surface area contributed by atoms with Gasteiger partial charge in [0.15, 0.2) is 0 Å². The van der Waals surface area contributed by atoms with Crippen molar-refractivity contribution >= 4 is 17.2 Å². The van der Waals surface area contributed by atoms with Gasteiger partial charge >= 0.3 is 0 Å². The van der Waals surface area contributed by atoms with Crippen molar-refractivity contribution in [2.24, 2.45) is 5.73 Å². The van der Waals surface area contributed by atoms with Gasteiger partial charge in [0.05, 0.1) is 12.1 Å². The van der Waals surface area contributed by atoms with E-state index in [0.29, 0.717) is 18.7 Å². The zero-order valence-corrected chi connectivity index (χ0v) is 11.1. The lowest BCUT2D eigenvalue weighted by atomic mass is 10.3. The van der Waals surface area contributed by atoms with Gasteiger partial charge in [-0.05, 0) is 24.3 Å². The maximum atomic E-state index is 12.0. The van der Waals surface area contributed by atoms with Gasteiger partial charge in [-0.3, -0.25) is 4.79 Å². The topological polar surface area (TPSA) is 57.2 Å². The number of benzene rings is 1. The quantitative estimate of drug-likeness (QED) is 0.841. The van der Waals surface area contributed by atoms with Gasteiger partial charge in [-0.2, -0.15) is 0 Å². The first-order valence-electron chi connectivity index (χ1n) is 5.85. The second kappa shape index (κ2) is 6.15. The number of ether oxygens (including phenoxy) is 1. The van der Waals surface area contributed by atoms with Crippen LogP contribution >= 0.6 is 12.2 Å². The molecule has 0 aliphatic heterocycles. The summed E-state index contributed by atoms with van der Waals surface area (Å²) in [5.41, 5.74) is 5.66. The summed E-state index contributed by atoms with van der Waals surface area (Å²) >= 11 is 4.83. The summed E-state index contributed by atoms with van der Waals surface area (Å²) in [5.74, 6) is 0.779. The molecule has 2 aromatic rings. The van der Waals surface area contributed by atoms with Crippen molar-refractivity contribution in [1.29, 1.82) is 0 Å². The summed E-state index contributed by atoms with van der Waals surface area (Å²) in [5, 5.41) is 0. The lowest BCUT2D eigenvalue weighted by Crippen LogP contribution is -2.29. The minimum Gasteiger partial charge on any atom is -0.492 e. The molecule has 1 aromatic heterocycles. The lowest BCUT2D eigenvalue weighted by Gasteiger charge is -2.09. The number of nitrogens with zero attached hydrogens (tertiary/aromatic N) is 1. The standard InChI is InChI=1S/C14H14N2O2S/c15-13(19)12-7-4-8-16(14(12)17)9-10-18-11-5-2-1-3-6-11/h1-8H,9-10H2,(H2,15,19). The van der Waals surface area contributed by atoms with E-state index in [-0.39, 0.29) is 10.5 Å². The first-order chi connectivity index (χ1) is 9.18. The zero-order chi connectivity index (χ0) is 13.7. The molecule has 98 valence electrons. The Bertz CT molecular complexity index is 623. The molecular weight excluding hydrogens is 260 g/mol. The van der Waals surface area contributed by atoms with E-state index in [2.05, 4.69) is 0 Å². The Morgan fingerprint density at radius 1 is 1.21 bits per heavy atom. The van der Waals surface area contributed by atoms with Crippen LogP contribution in [0.3, 0.4) is 0 Å². The van der Waals surface area contributed by atoms with Crippen molar-refractivity contribution in [3.63, 3.8) is 0 Å². The first kappa shape index (κ1) is 13.3. The number of aromatic nitrogens is 1. The molecule has 0 aliphatic rings. The average molecular weight is 274 g/mol. The maximum Gasteiger partial charge on any atom is 0.260 e. The highest BCUT2D eigenvalue weighted by Gasteiger charge is 2.05. The van der Waals surface area contributed by atoms with E-state index in [1.54, 1.807) is 18.3 Å². The lowest BCUT2D eigenvalue weighted by molar-refractivity contribution is 0.296. The number of nitrogens with two attached hydrogens (primary N) is 1. The van der Waals surface area contributed by atoms with E-state index >= 15 is 0 Å². The Morgan fingerprint density at radius 2 is 1.95 bits per heavy atom. The maximum absolute atomic E-state index is 12.0. The fourth-order valence-corrected chi connectivity index (χ4v) is 1.83. The van der Waals surface area contributed by atoms with E-state index < -0.39 is 0 Å². The summed E-state index contributed by atoms with van der Waals surface area (Å²) in [7, 11) is 0. The van der Waals surface area contributed by atoms with Gasteiger partial charge < -0.3 is 15.0 Å². The molecule has 0 radical (unpaired) electrons. The predicted octanol–water partition coefficient (Wildman–Crippen LogP) is 1.56. The molecule has 4 nitrogen and oxygen atoms in total. The van der Waals surface area contributed by atoms with Crippen molar-refractivity contribution in [2.45, 2.75) is 6.54 Å². The van der Waals surface area contributed by atoms with E-state index in [9.17, 15) is 4.79 Å². The number of thiocarbonyl (C=S) groups is 1. The molecule has 1 aromatic carbocycles. The van der Waals surface area contributed by atoms with Crippen LogP contribution in [0.4, 0.5) is 0 Å². The van der Waals surface area contributed by atoms with E-state index in [1.165, 1.54) is 4.57 Å². The average Bonchev–Trinajstić information content (AvgIpc) is 2.41. The van der Waals surface area contributed by atoms with Crippen LogP contribution in [0.1, 0.15) is 5.56 Å². The fraction of sp³-hybridized carbons (Fsp3) is 0.143. The number of pyridine rings is 1. The molecule has 0 atom stereocenters. The van der Waals surface area contributed by atoms with Crippen LogP contribution in [0.15, 0.2) is 53.5 Å². The third-order valence-corrected chi connectivity index (χ3v) is 2.85. The predicted molar refractivity (Wildman–Crippen MR) is 78.5 cm³/mol. The molecule has 0 saturated heterocycles. The zero-order valence-electron chi connectivity index (χ0n) is 10.3. The van der Waals surface area contributed by atoms with Gasteiger partial charge in [-0.15, -0.1) is 0 Å². The van der Waals surface area contributed by atoms with Crippen molar-refractivity contribution < 1.29 is 4.74 Å². The monoisotopic (exact) mass is 274 g/mol. The van der Waals surface area contributed by atoms with Crippen molar-refractivity contribution in [3.05, 3.63) is 64.6 Å². The summed E-state index contributed by atoms with van der Waals surface area (Å²) in [4.78, 5) is 12.1. The van der Waals surface area contributed by atoms with E-state index in [0.717, 1.165) is 5.75 Å². The van der Waals surface area contributed by atoms with Crippen LogP contribution in [0.25, 0.3) is 0 Å². The summed E-state index contributed by atoms with van der Waals surface area (Å²) in [6.07, 6.45) is 1.69. The molecule has 0 bridgehead atoms. The molecular formula is C14H14N2O2S. The highest BCUT2D eigenvalue weighted by Crippen LogP contribution is 2.07. The van der Waals surface area contributed by atoms with Gasteiger partial charge in [0, 0.05) is 6.20 Å². The van der Waals surface area contributed by atoms with Crippen LogP contribution in [-0.4, -0.2) is 16.2 Å². The molecule has 0 amide bonds. The summed E-state index contributed by atoms with van der Waals surface area (Å²) < 4.78 is 7.08. The number of para-hydroxylation sites is 1. The number of rotatable bonds is 5. The first-order valence-corrected chi connectivity index (χ1v) is 6.26. The van der Waals surface area contributed by atoms with Crippen molar-refractivity contribution in [3.8, 4) is 5.75 Å². The molecule has 5 heteroatoms. The van der Waals surface area contributed by atoms with Crippen LogP contribution in [0, 0.1) is 0 Å². The summed E-state index contributed by atoms with van der Waals surface area (Å²) in [6, 6.07) is 12.8. The van der Waals surface area contributed by atoms with E-state index in [1.807, 2.05) is 30.3 Å². The molecule has 1 heterocycles. The molecule has 0 spiro atoms. The van der Waals surface area contributed by atoms with Crippen molar-refractivity contribution in [1.82, 2.24) is 4.57 Å². The minimum absolute atomic E-state index is 0.114. The molecule has 0 aliphatic carbocycles. The smallest absolute Gasteiger partial charge is 0.260 e. The molecule has 2 N–H and O–H groups in total. The van der Waals surface area contributed by atoms with Crippen LogP contribution in [-0.2, 0) is 6.54 Å². The second-order valence-corrected chi connectivity index (χ2v) is 4.39. The second-order valence-electron chi connectivity index (χ2n) is 3.95. The van der Waals surface area contributed by atoms with Gasteiger partial charge in [0.2, 0.25) is 0 Å². The molecule has 19 heavy (non-hydrogen) atoms. The highest BCUT2D eigenvalue weighted by molar-refractivity contribution is 7.80. The molecule has 0 saturated carbocycles. The van der Waals surface area contributed by atoms with Crippen LogP contribution < -0.4 is 16.0 Å². The summed E-state index contributed by atoms with van der Waals surface area (Å²) in [6.45, 7) is 0.856. The Labute approximate surface area is 116 Å². The highest BCUT2D eigenvalue weighted by atomic mass is 32.1. The molecule has 0 fully saturated rings. The van der Waals surface area contributed by atoms with Gasteiger partial charge in [-0.1, -0.05) is 30.4 Å². The Hall–Kier alpha value is -2.14. The van der Waals surface area contributed by atoms with Gasteiger partial charge in [-0.25, -0.2) is 0 Å². The van der Waals surface area contributed by atoms with Gasteiger partial charge in [0.25, 0.3) is 5.56 Å². The number of hydrogen-bond donors (Lipinski definition) is 1. The van der Waals surface area contributed by atoms with E-state index in [4.69, 9.17) is 22.7 Å².